The minimum absolute atomic E-state index is 0.237. The highest BCUT2D eigenvalue weighted by atomic mass is 16.5. The lowest BCUT2D eigenvalue weighted by molar-refractivity contribution is 0.254. The van der Waals surface area contributed by atoms with E-state index in [0.717, 1.165) is 35.3 Å². The second-order valence-electron chi connectivity index (χ2n) is 5.30. The van der Waals surface area contributed by atoms with Crippen LogP contribution in [0.3, 0.4) is 0 Å². The maximum absolute atomic E-state index is 10.1. The Kier molecular flexibility index (Phi) is 3.23. The van der Waals surface area contributed by atoms with Gasteiger partial charge in [-0.1, -0.05) is 18.2 Å². The highest BCUT2D eigenvalue weighted by molar-refractivity contribution is 5.72. The van der Waals surface area contributed by atoms with Crippen LogP contribution in [0.1, 0.15) is 18.1 Å². The second-order valence-corrected chi connectivity index (χ2v) is 5.30. The monoisotopic (exact) mass is 266 g/mol. The molecule has 0 spiro atoms. The Balaban J connectivity index is 2.03. The standard InChI is InChI=1S/C18H18O2/c1-3-4-13-5-7-17(19)16(10-13)14-6-8-18-15(11-14)9-12(2)20-18/h3,5-8,10-12,19H,1,4,9H2,2H3. The van der Waals surface area contributed by atoms with Gasteiger partial charge in [-0.3, -0.25) is 0 Å². The Morgan fingerprint density at radius 3 is 2.95 bits per heavy atom. The van der Waals surface area contributed by atoms with Gasteiger partial charge < -0.3 is 9.84 Å². The summed E-state index contributed by atoms with van der Waals surface area (Å²) in [6.45, 7) is 5.83. The number of rotatable bonds is 3. The molecule has 0 fully saturated rings. The molecule has 1 N–H and O–H groups in total. The van der Waals surface area contributed by atoms with E-state index in [1.807, 2.05) is 30.3 Å². The molecule has 2 heteroatoms. The van der Waals surface area contributed by atoms with E-state index in [0.29, 0.717) is 5.75 Å². The average molecular weight is 266 g/mol. The summed E-state index contributed by atoms with van der Waals surface area (Å²) in [5, 5.41) is 10.1. The van der Waals surface area contributed by atoms with Gasteiger partial charge in [0.2, 0.25) is 0 Å². The molecule has 102 valence electrons. The van der Waals surface area contributed by atoms with Crippen molar-refractivity contribution in [3.63, 3.8) is 0 Å². The summed E-state index contributed by atoms with van der Waals surface area (Å²) in [7, 11) is 0. The van der Waals surface area contributed by atoms with Crippen LogP contribution in [-0.4, -0.2) is 11.2 Å². The molecule has 20 heavy (non-hydrogen) atoms. The van der Waals surface area contributed by atoms with Crippen LogP contribution in [0.4, 0.5) is 0 Å². The van der Waals surface area contributed by atoms with Crippen LogP contribution >= 0.6 is 0 Å². The molecule has 2 aromatic rings. The first-order valence-corrected chi connectivity index (χ1v) is 6.90. The van der Waals surface area contributed by atoms with Crippen LogP contribution in [0, 0.1) is 0 Å². The minimum atomic E-state index is 0.237. The quantitative estimate of drug-likeness (QED) is 0.847. The van der Waals surface area contributed by atoms with Gasteiger partial charge in [0.1, 0.15) is 17.6 Å². The van der Waals surface area contributed by atoms with E-state index in [1.165, 1.54) is 5.56 Å². The Morgan fingerprint density at radius 2 is 2.15 bits per heavy atom. The first-order chi connectivity index (χ1) is 9.67. The normalized spacial score (nSPS) is 16.6. The Morgan fingerprint density at radius 1 is 1.30 bits per heavy atom. The van der Waals surface area contributed by atoms with Crippen molar-refractivity contribution < 1.29 is 9.84 Å². The summed E-state index contributed by atoms with van der Waals surface area (Å²) in [6, 6.07) is 11.8. The summed E-state index contributed by atoms with van der Waals surface area (Å²) in [5.41, 5.74) is 4.26. The van der Waals surface area contributed by atoms with Crippen LogP contribution < -0.4 is 4.74 Å². The first-order valence-electron chi connectivity index (χ1n) is 6.90. The third-order valence-electron chi connectivity index (χ3n) is 3.65. The van der Waals surface area contributed by atoms with Crippen LogP contribution in [0.2, 0.25) is 0 Å². The van der Waals surface area contributed by atoms with Gasteiger partial charge in [-0.2, -0.15) is 0 Å². The van der Waals surface area contributed by atoms with E-state index in [4.69, 9.17) is 4.74 Å². The molecule has 0 aromatic heterocycles. The lowest BCUT2D eigenvalue weighted by atomic mass is 9.98. The van der Waals surface area contributed by atoms with Gasteiger partial charge in [0.15, 0.2) is 0 Å². The molecule has 3 rings (SSSR count). The number of fused-ring (bicyclic) bond motifs is 1. The molecule has 1 unspecified atom stereocenters. The third kappa shape index (κ3) is 2.29. The molecule has 1 aliphatic heterocycles. The van der Waals surface area contributed by atoms with Gasteiger partial charge in [0.25, 0.3) is 0 Å². The van der Waals surface area contributed by atoms with Crippen LogP contribution in [0.25, 0.3) is 11.1 Å². The van der Waals surface area contributed by atoms with Gasteiger partial charge in [-0.25, -0.2) is 0 Å². The zero-order valence-corrected chi connectivity index (χ0v) is 11.6. The van der Waals surface area contributed by atoms with Crippen molar-refractivity contribution in [2.24, 2.45) is 0 Å². The fourth-order valence-corrected chi connectivity index (χ4v) is 2.70. The summed E-state index contributed by atoms with van der Waals surface area (Å²) in [4.78, 5) is 0. The number of phenolic OH excluding ortho intramolecular Hbond substituents is 1. The summed E-state index contributed by atoms with van der Waals surface area (Å²) >= 11 is 0. The Hall–Kier alpha value is -2.22. The molecule has 0 radical (unpaired) electrons. The summed E-state index contributed by atoms with van der Waals surface area (Å²) in [6.07, 6.45) is 3.84. The Bertz CT molecular complexity index is 658. The van der Waals surface area contributed by atoms with Gasteiger partial charge in [0, 0.05) is 12.0 Å². The maximum atomic E-state index is 10.1. The predicted octanol–water partition coefficient (Wildman–Crippen LogP) is 4.11. The topological polar surface area (TPSA) is 29.5 Å². The van der Waals surface area contributed by atoms with Crippen molar-refractivity contribution in [1.82, 2.24) is 0 Å². The molecule has 0 bridgehead atoms. The van der Waals surface area contributed by atoms with E-state index in [9.17, 15) is 5.11 Å². The lowest BCUT2D eigenvalue weighted by Gasteiger charge is -2.09. The van der Waals surface area contributed by atoms with Gasteiger partial charge in [-0.05, 0) is 54.3 Å². The number of hydrogen-bond acceptors (Lipinski definition) is 2. The highest BCUT2D eigenvalue weighted by Gasteiger charge is 2.19. The van der Waals surface area contributed by atoms with E-state index >= 15 is 0 Å². The van der Waals surface area contributed by atoms with Gasteiger partial charge >= 0.3 is 0 Å². The van der Waals surface area contributed by atoms with Gasteiger partial charge in [-0.15, -0.1) is 6.58 Å². The molecule has 1 heterocycles. The van der Waals surface area contributed by atoms with E-state index in [1.54, 1.807) is 6.07 Å². The number of allylic oxidation sites excluding steroid dienone is 1. The van der Waals surface area contributed by atoms with E-state index in [-0.39, 0.29) is 6.10 Å². The molecule has 0 saturated heterocycles. The number of aromatic hydroxyl groups is 1. The van der Waals surface area contributed by atoms with Crippen molar-refractivity contribution in [2.75, 3.05) is 0 Å². The second kappa shape index (κ2) is 5.04. The van der Waals surface area contributed by atoms with Crippen molar-refractivity contribution in [2.45, 2.75) is 25.9 Å². The minimum Gasteiger partial charge on any atom is -0.507 e. The highest BCUT2D eigenvalue weighted by Crippen LogP contribution is 2.36. The molecule has 0 aliphatic carbocycles. The molecule has 0 amide bonds. The molecule has 0 saturated carbocycles. The SMILES string of the molecule is C=CCc1ccc(O)c(-c2ccc3c(c2)CC(C)O3)c1. The van der Waals surface area contributed by atoms with Crippen LogP contribution in [-0.2, 0) is 12.8 Å². The third-order valence-corrected chi connectivity index (χ3v) is 3.65. The van der Waals surface area contributed by atoms with Crippen molar-refractivity contribution in [3.05, 3.63) is 60.2 Å². The van der Waals surface area contributed by atoms with Gasteiger partial charge in [0.05, 0.1) is 0 Å². The van der Waals surface area contributed by atoms with Crippen LogP contribution in [0.15, 0.2) is 49.1 Å². The number of benzene rings is 2. The first kappa shape index (κ1) is 12.8. The molecule has 1 aliphatic rings. The van der Waals surface area contributed by atoms with Crippen molar-refractivity contribution in [1.29, 1.82) is 0 Å². The summed E-state index contributed by atoms with van der Waals surface area (Å²) in [5.74, 6) is 1.27. The molecular weight excluding hydrogens is 248 g/mol. The fraction of sp³-hybridized carbons (Fsp3) is 0.222. The van der Waals surface area contributed by atoms with Crippen molar-refractivity contribution >= 4 is 0 Å². The number of phenols is 1. The number of ether oxygens (including phenoxy) is 1. The zero-order chi connectivity index (χ0) is 14.1. The van der Waals surface area contributed by atoms with E-state index in [2.05, 4.69) is 19.6 Å². The summed E-state index contributed by atoms with van der Waals surface area (Å²) < 4.78 is 5.71. The maximum Gasteiger partial charge on any atom is 0.123 e. The predicted molar refractivity (Wildman–Crippen MR) is 81.2 cm³/mol. The fourth-order valence-electron chi connectivity index (χ4n) is 2.70. The Labute approximate surface area is 119 Å². The molecule has 1 atom stereocenters. The zero-order valence-electron chi connectivity index (χ0n) is 11.6. The lowest BCUT2D eigenvalue weighted by Crippen LogP contribution is -2.05. The molecular formula is C18H18O2. The van der Waals surface area contributed by atoms with Crippen LogP contribution in [0.5, 0.6) is 11.5 Å². The molecule has 2 aromatic carbocycles. The largest absolute Gasteiger partial charge is 0.507 e. The number of hydrogen-bond donors (Lipinski definition) is 1. The molecule has 2 nitrogen and oxygen atoms in total. The average Bonchev–Trinajstić information content (AvgIpc) is 2.80. The van der Waals surface area contributed by atoms with E-state index < -0.39 is 0 Å². The van der Waals surface area contributed by atoms with Crippen molar-refractivity contribution in [3.8, 4) is 22.6 Å². The smallest absolute Gasteiger partial charge is 0.123 e.